The zero-order valence-corrected chi connectivity index (χ0v) is 20.1. The smallest absolute Gasteiger partial charge is 0.326 e. The fourth-order valence-electron chi connectivity index (χ4n) is 3.24. The molecule has 36 heavy (non-hydrogen) atoms. The fourth-order valence-corrected chi connectivity index (χ4v) is 3.78. The van der Waals surface area contributed by atoms with Crippen LogP contribution in [0.5, 0.6) is 11.6 Å². The Kier molecular flexibility index (Phi) is 7.94. The van der Waals surface area contributed by atoms with E-state index in [9.17, 15) is 14.7 Å². The number of hydrogen-bond acceptors (Lipinski definition) is 7. The molecule has 0 saturated carbocycles. The molecule has 0 aliphatic heterocycles. The number of aromatic nitrogens is 3. The number of carbonyl (C=O) groups is 2. The number of carboxylic acids is 1. The van der Waals surface area contributed by atoms with E-state index in [0.717, 1.165) is 5.56 Å². The maximum absolute atomic E-state index is 12.5. The minimum absolute atomic E-state index is 0.119. The molecule has 2 aromatic carbocycles. The molecule has 0 unspecified atom stereocenters. The van der Waals surface area contributed by atoms with Crippen molar-refractivity contribution in [1.82, 2.24) is 15.0 Å². The number of anilines is 2. The molecule has 0 fully saturated rings. The van der Waals surface area contributed by atoms with Crippen LogP contribution in [-0.4, -0.2) is 38.0 Å². The van der Waals surface area contributed by atoms with Crippen molar-refractivity contribution in [1.29, 1.82) is 0 Å². The number of amides is 1. The number of pyridine rings is 1. The average molecular weight is 524 g/mol. The van der Waals surface area contributed by atoms with Gasteiger partial charge in [0, 0.05) is 30.6 Å². The SMILES string of the molecule is O=C(Nc1ccc(C[C@H](Nc2cc(Oc3ccccc3)ncn2)C(=O)O)cc1)c1c(Cl)cncc1Cl. The molecule has 1 atom stereocenters. The van der Waals surface area contributed by atoms with Gasteiger partial charge in [0.2, 0.25) is 5.88 Å². The van der Waals surface area contributed by atoms with E-state index < -0.39 is 17.9 Å². The zero-order valence-electron chi connectivity index (χ0n) is 18.6. The highest BCUT2D eigenvalue weighted by molar-refractivity contribution is 6.40. The van der Waals surface area contributed by atoms with Gasteiger partial charge in [0.05, 0.1) is 15.6 Å². The molecule has 0 bridgehead atoms. The summed E-state index contributed by atoms with van der Waals surface area (Å²) in [6.07, 6.45) is 4.11. The maximum atomic E-state index is 12.5. The fraction of sp³-hybridized carbons (Fsp3) is 0.0800. The van der Waals surface area contributed by atoms with Gasteiger partial charge in [-0.1, -0.05) is 53.5 Å². The lowest BCUT2D eigenvalue weighted by Crippen LogP contribution is -2.31. The standard InChI is InChI=1S/C25H19Cl2N5O4/c26-18-12-28-13-19(27)23(18)24(33)31-16-8-6-15(7-9-16)10-20(25(34)35)32-21-11-22(30-14-29-21)36-17-4-2-1-3-5-17/h1-9,11-14,20H,10H2,(H,31,33)(H,34,35)(H,29,30,32)/t20-/m0/s1. The number of ether oxygens (including phenoxy) is 1. The second-order valence-corrected chi connectivity index (χ2v) is 8.34. The number of carboxylic acid groups (broad SMARTS) is 1. The molecule has 0 aliphatic carbocycles. The average Bonchev–Trinajstić information content (AvgIpc) is 2.85. The van der Waals surface area contributed by atoms with E-state index in [1.54, 1.807) is 36.4 Å². The second kappa shape index (κ2) is 11.5. The second-order valence-electron chi connectivity index (χ2n) is 7.53. The van der Waals surface area contributed by atoms with E-state index >= 15 is 0 Å². The normalized spacial score (nSPS) is 11.4. The molecule has 1 amide bonds. The van der Waals surface area contributed by atoms with Gasteiger partial charge >= 0.3 is 5.97 Å². The van der Waals surface area contributed by atoms with Crippen LogP contribution in [-0.2, 0) is 11.2 Å². The van der Waals surface area contributed by atoms with Gasteiger partial charge in [0.15, 0.2) is 0 Å². The maximum Gasteiger partial charge on any atom is 0.326 e. The highest BCUT2D eigenvalue weighted by Crippen LogP contribution is 2.25. The summed E-state index contributed by atoms with van der Waals surface area (Å²) in [4.78, 5) is 36.4. The molecule has 2 aromatic heterocycles. The van der Waals surface area contributed by atoms with Gasteiger partial charge in [0.25, 0.3) is 5.91 Å². The lowest BCUT2D eigenvalue weighted by Gasteiger charge is -2.16. The van der Waals surface area contributed by atoms with Crippen molar-refractivity contribution < 1.29 is 19.4 Å². The van der Waals surface area contributed by atoms with Gasteiger partial charge in [-0.3, -0.25) is 9.78 Å². The van der Waals surface area contributed by atoms with Gasteiger partial charge in [-0.15, -0.1) is 0 Å². The summed E-state index contributed by atoms with van der Waals surface area (Å²) >= 11 is 12.1. The van der Waals surface area contributed by atoms with Crippen molar-refractivity contribution in [2.75, 3.05) is 10.6 Å². The summed E-state index contributed by atoms with van der Waals surface area (Å²) in [5.41, 5.74) is 1.33. The number of para-hydroxylation sites is 1. The van der Waals surface area contributed by atoms with Crippen LogP contribution in [0.3, 0.4) is 0 Å². The van der Waals surface area contributed by atoms with Crippen molar-refractivity contribution in [3.63, 3.8) is 0 Å². The van der Waals surface area contributed by atoms with Crippen molar-refractivity contribution in [3.05, 3.63) is 101 Å². The molecular formula is C25H19Cl2N5O4. The third kappa shape index (κ3) is 6.47. The monoisotopic (exact) mass is 523 g/mol. The van der Waals surface area contributed by atoms with Gasteiger partial charge in [0.1, 0.15) is 23.9 Å². The van der Waals surface area contributed by atoms with Crippen molar-refractivity contribution in [2.45, 2.75) is 12.5 Å². The largest absolute Gasteiger partial charge is 0.480 e. The summed E-state index contributed by atoms with van der Waals surface area (Å²) in [5.74, 6) is -0.366. The molecule has 0 saturated heterocycles. The first kappa shape index (κ1) is 24.9. The van der Waals surface area contributed by atoms with E-state index in [4.69, 9.17) is 27.9 Å². The third-order valence-electron chi connectivity index (χ3n) is 4.96. The number of rotatable bonds is 9. The Morgan fingerprint density at radius 1 is 0.972 bits per heavy atom. The predicted octanol–water partition coefficient (Wildman–Crippen LogP) is 5.33. The minimum Gasteiger partial charge on any atom is -0.480 e. The van der Waals surface area contributed by atoms with Crippen LogP contribution in [0.2, 0.25) is 10.0 Å². The Hall–Kier alpha value is -4.21. The van der Waals surface area contributed by atoms with Crippen LogP contribution < -0.4 is 15.4 Å². The van der Waals surface area contributed by atoms with Gasteiger partial charge in [-0.05, 0) is 29.8 Å². The molecule has 9 nitrogen and oxygen atoms in total. The Balaban J connectivity index is 1.41. The third-order valence-corrected chi connectivity index (χ3v) is 5.53. The number of hydrogen-bond donors (Lipinski definition) is 3. The van der Waals surface area contributed by atoms with E-state index in [1.165, 1.54) is 24.8 Å². The van der Waals surface area contributed by atoms with Crippen LogP contribution in [0, 0.1) is 0 Å². The first-order chi connectivity index (χ1) is 17.4. The molecule has 4 aromatic rings. The summed E-state index contributed by atoms with van der Waals surface area (Å²) in [6.45, 7) is 0. The highest BCUT2D eigenvalue weighted by Gasteiger charge is 2.20. The van der Waals surface area contributed by atoms with Crippen LogP contribution in [0.1, 0.15) is 15.9 Å². The first-order valence-electron chi connectivity index (χ1n) is 10.6. The molecular weight excluding hydrogens is 505 g/mol. The lowest BCUT2D eigenvalue weighted by atomic mass is 10.1. The Labute approximate surface area is 216 Å². The predicted molar refractivity (Wildman–Crippen MR) is 136 cm³/mol. The van der Waals surface area contributed by atoms with Crippen LogP contribution >= 0.6 is 23.2 Å². The summed E-state index contributed by atoms with van der Waals surface area (Å²) < 4.78 is 5.68. The molecule has 2 heterocycles. The first-order valence-corrected chi connectivity index (χ1v) is 11.4. The van der Waals surface area contributed by atoms with Crippen LogP contribution in [0.4, 0.5) is 11.5 Å². The van der Waals surface area contributed by atoms with E-state index in [0.29, 0.717) is 17.3 Å². The number of nitrogens with zero attached hydrogens (tertiary/aromatic N) is 3. The zero-order chi connectivity index (χ0) is 25.5. The number of nitrogens with one attached hydrogen (secondary N) is 2. The Bertz CT molecular complexity index is 1350. The molecule has 3 N–H and O–H groups in total. The van der Waals surface area contributed by atoms with Crippen LogP contribution in [0.15, 0.2) is 79.4 Å². The summed E-state index contributed by atoms with van der Waals surface area (Å²) in [5, 5.41) is 15.6. The Morgan fingerprint density at radius 2 is 1.67 bits per heavy atom. The van der Waals surface area contributed by atoms with Gasteiger partial charge in [-0.25, -0.2) is 14.8 Å². The highest BCUT2D eigenvalue weighted by atomic mass is 35.5. The summed E-state index contributed by atoms with van der Waals surface area (Å²) in [7, 11) is 0. The quantitative estimate of drug-likeness (QED) is 0.268. The summed E-state index contributed by atoms with van der Waals surface area (Å²) in [6, 6.07) is 16.4. The minimum atomic E-state index is -1.06. The number of aliphatic carboxylic acids is 1. The number of carbonyl (C=O) groups excluding carboxylic acids is 1. The molecule has 4 rings (SSSR count). The van der Waals surface area contributed by atoms with E-state index in [2.05, 4.69) is 25.6 Å². The van der Waals surface area contributed by atoms with E-state index in [1.807, 2.05) is 18.2 Å². The Morgan fingerprint density at radius 3 is 2.33 bits per heavy atom. The van der Waals surface area contributed by atoms with Crippen molar-refractivity contribution >= 4 is 46.6 Å². The van der Waals surface area contributed by atoms with Gasteiger partial charge in [-0.2, -0.15) is 0 Å². The van der Waals surface area contributed by atoms with Crippen molar-refractivity contribution in [2.24, 2.45) is 0 Å². The molecule has 0 spiro atoms. The molecule has 182 valence electrons. The lowest BCUT2D eigenvalue weighted by molar-refractivity contribution is -0.137. The molecule has 0 radical (unpaired) electrons. The van der Waals surface area contributed by atoms with Crippen LogP contribution in [0.25, 0.3) is 0 Å². The van der Waals surface area contributed by atoms with Gasteiger partial charge < -0.3 is 20.5 Å². The van der Waals surface area contributed by atoms with Crippen molar-refractivity contribution in [3.8, 4) is 11.6 Å². The molecule has 11 heteroatoms. The molecule has 0 aliphatic rings. The number of benzene rings is 2. The topological polar surface area (TPSA) is 126 Å². The number of halogens is 2. The van der Waals surface area contributed by atoms with E-state index in [-0.39, 0.29) is 27.9 Å².